The monoisotopic (exact) mass is 501 g/mol. The molecule has 1 aliphatic rings. The summed E-state index contributed by atoms with van der Waals surface area (Å²) in [6, 6.07) is 24.4. The first-order chi connectivity index (χ1) is 17.8. The Morgan fingerprint density at radius 1 is 1.00 bits per heavy atom. The number of carboxylic acid groups (broad SMARTS) is 1. The summed E-state index contributed by atoms with van der Waals surface area (Å²) in [6.45, 7) is 6.62. The lowest BCUT2D eigenvalue weighted by molar-refractivity contribution is -0.132. The number of carbonyl (C=O) groups is 2. The van der Waals surface area contributed by atoms with E-state index in [1.54, 1.807) is 18.2 Å². The van der Waals surface area contributed by atoms with Gasteiger partial charge in [0.25, 0.3) is 0 Å². The molecule has 4 rings (SSSR count). The average molecular weight is 502 g/mol. The number of hydrogen-bond donors (Lipinski definition) is 3. The van der Waals surface area contributed by atoms with Crippen LogP contribution in [0.5, 0.6) is 11.5 Å². The number of benzene rings is 3. The molecular weight excluding hydrogens is 466 g/mol. The molecule has 1 atom stereocenters. The molecule has 0 saturated carbocycles. The van der Waals surface area contributed by atoms with E-state index in [2.05, 4.69) is 15.8 Å². The van der Waals surface area contributed by atoms with Crippen molar-refractivity contribution < 1.29 is 19.4 Å². The Labute approximate surface area is 218 Å². The number of rotatable bonds is 9. The van der Waals surface area contributed by atoms with E-state index in [0.29, 0.717) is 25.2 Å². The van der Waals surface area contributed by atoms with E-state index in [1.807, 2.05) is 74.5 Å². The molecule has 3 N–H and O–H groups in total. The lowest BCUT2D eigenvalue weighted by Crippen LogP contribution is -2.46. The molecule has 0 bridgehead atoms. The quantitative estimate of drug-likeness (QED) is 0.372. The maximum atomic E-state index is 13.2. The Hall–Kier alpha value is -3.68. The molecule has 0 aromatic heterocycles. The Kier molecular flexibility index (Phi) is 8.58. The number of carboxylic acids is 1. The summed E-state index contributed by atoms with van der Waals surface area (Å²) in [6.07, 6.45) is 1.89. The van der Waals surface area contributed by atoms with Crippen molar-refractivity contribution in [3.63, 3.8) is 0 Å². The second-order valence-electron chi connectivity index (χ2n) is 10.1. The van der Waals surface area contributed by atoms with E-state index in [-0.39, 0.29) is 11.8 Å². The largest absolute Gasteiger partial charge is 0.478 e. The van der Waals surface area contributed by atoms with Gasteiger partial charge in [-0.25, -0.2) is 9.80 Å². The maximum absolute atomic E-state index is 13.2. The van der Waals surface area contributed by atoms with Crippen LogP contribution in [-0.4, -0.2) is 35.1 Å². The fraction of sp³-hybridized carbons (Fsp3) is 0.333. The average Bonchev–Trinajstić information content (AvgIpc) is 3.15. The number of aromatic carboxylic acids is 1. The molecule has 37 heavy (non-hydrogen) atoms. The zero-order valence-corrected chi connectivity index (χ0v) is 21.4. The fourth-order valence-electron chi connectivity index (χ4n) is 4.62. The lowest BCUT2D eigenvalue weighted by atomic mass is 9.75. The number of para-hydroxylation sites is 1. The summed E-state index contributed by atoms with van der Waals surface area (Å²) < 4.78 is 5.84. The second-order valence-corrected chi connectivity index (χ2v) is 10.1. The van der Waals surface area contributed by atoms with Gasteiger partial charge in [-0.05, 0) is 66.3 Å². The van der Waals surface area contributed by atoms with Gasteiger partial charge in [-0.2, -0.15) is 0 Å². The number of nitrogens with zero attached hydrogens (tertiary/aromatic N) is 1. The Morgan fingerprint density at radius 2 is 1.73 bits per heavy atom. The van der Waals surface area contributed by atoms with Crippen LogP contribution in [0.2, 0.25) is 0 Å². The first kappa shape index (κ1) is 26.4. The van der Waals surface area contributed by atoms with Crippen LogP contribution in [0.3, 0.4) is 0 Å². The van der Waals surface area contributed by atoms with Crippen LogP contribution in [-0.2, 0) is 17.9 Å². The predicted molar refractivity (Wildman–Crippen MR) is 143 cm³/mol. The van der Waals surface area contributed by atoms with Gasteiger partial charge in [0.2, 0.25) is 5.91 Å². The smallest absolute Gasteiger partial charge is 0.335 e. The molecule has 194 valence electrons. The van der Waals surface area contributed by atoms with Crippen LogP contribution in [0.25, 0.3) is 0 Å². The minimum Gasteiger partial charge on any atom is -0.478 e. The molecule has 0 aliphatic carbocycles. The van der Waals surface area contributed by atoms with Gasteiger partial charge in [-0.3, -0.25) is 10.2 Å². The van der Waals surface area contributed by atoms with Crippen molar-refractivity contribution in [2.24, 2.45) is 11.3 Å². The van der Waals surface area contributed by atoms with Crippen LogP contribution in [0.15, 0.2) is 78.9 Å². The Bertz CT molecular complexity index is 1190. The van der Waals surface area contributed by atoms with Crippen LogP contribution >= 0.6 is 0 Å². The van der Waals surface area contributed by atoms with Gasteiger partial charge in [-0.15, -0.1) is 0 Å². The first-order valence-corrected chi connectivity index (χ1v) is 12.7. The maximum Gasteiger partial charge on any atom is 0.335 e. The zero-order chi connectivity index (χ0) is 26.3. The molecule has 0 spiro atoms. The molecule has 1 amide bonds. The van der Waals surface area contributed by atoms with Crippen molar-refractivity contribution >= 4 is 11.9 Å². The molecule has 1 unspecified atom stereocenters. The van der Waals surface area contributed by atoms with Crippen molar-refractivity contribution in [2.45, 2.75) is 39.8 Å². The molecule has 1 saturated heterocycles. The van der Waals surface area contributed by atoms with Crippen LogP contribution in [0.1, 0.15) is 48.2 Å². The first-order valence-electron chi connectivity index (χ1n) is 12.7. The molecule has 7 heteroatoms. The highest BCUT2D eigenvalue weighted by molar-refractivity contribution is 5.87. The summed E-state index contributed by atoms with van der Waals surface area (Å²) in [5, 5.41) is 14.5. The highest BCUT2D eigenvalue weighted by Crippen LogP contribution is 2.32. The van der Waals surface area contributed by atoms with Gasteiger partial charge in [0.1, 0.15) is 11.5 Å². The van der Waals surface area contributed by atoms with Crippen molar-refractivity contribution in [1.29, 1.82) is 0 Å². The van der Waals surface area contributed by atoms with Crippen LogP contribution < -0.4 is 15.5 Å². The molecule has 1 heterocycles. The third kappa shape index (κ3) is 7.18. The summed E-state index contributed by atoms with van der Waals surface area (Å²) in [5.41, 5.74) is 5.20. The van der Waals surface area contributed by atoms with E-state index >= 15 is 0 Å². The van der Waals surface area contributed by atoms with E-state index in [4.69, 9.17) is 4.74 Å². The van der Waals surface area contributed by atoms with E-state index < -0.39 is 11.4 Å². The molecular formula is C30H35N3O4. The van der Waals surface area contributed by atoms with Gasteiger partial charge in [0.05, 0.1) is 5.56 Å². The third-order valence-electron chi connectivity index (χ3n) is 7.05. The molecule has 1 aliphatic heterocycles. The Morgan fingerprint density at radius 3 is 2.46 bits per heavy atom. The van der Waals surface area contributed by atoms with Crippen molar-refractivity contribution in [3.05, 3.63) is 95.6 Å². The van der Waals surface area contributed by atoms with Crippen molar-refractivity contribution in [3.8, 4) is 11.5 Å². The van der Waals surface area contributed by atoms with Gasteiger partial charge >= 0.3 is 5.97 Å². The second kappa shape index (κ2) is 12.0. The molecule has 0 radical (unpaired) electrons. The SMILES string of the molecule is CC(C)(C(=O)NCc1ccc(Oc2ccccc2)cc1)C1CCCN(Cc2cccc(C(=O)O)c2)NC1. The minimum absolute atomic E-state index is 0.0338. The zero-order valence-electron chi connectivity index (χ0n) is 21.4. The predicted octanol–water partition coefficient (Wildman–Crippen LogP) is 5.24. The van der Waals surface area contributed by atoms with E-state index in [0.717, 1.165) is 42.0 Å². The molecule has 1 fully saturated rings. The standard InChI is InChI=1S/C30H35N3O4/c1-30(2,25-10-7-17-33(32-20-25)21-23-8-6-9-24(18-23)28(34)35)29(36)31-19-22-13-15-27(16-14-22)37-26-11-4-3-5-12-26/h3-6,8-9,11-16,18,25,32H,7,10,17,19-21H2,1-2H3,(H,31,36)(H,34,35). The number of ether oxygens (including phenoxy) is 1. The van der Waals surface area contributed by atoms with Crippen LogP contribution in [0.4, 0.5) is 0 Å². The summed E-state index contributed by atoms with van der Waals surface area (Å²) in [5.74, 6) is 0.825. The summed E-state index contributed by atoms with van der Waals surface area (Å²) in [4.78, 5) is 24.5. The number of hydrazine groups is 1. The highest BCUT2D eigenvalue weighted by atomic mass is 16.5. The lowest BCUT2D eigenvalue weighted by Gasteiger charge is -2.33. The van der Waals surface area contributed by atoms with Crippen molar-refractivity contribution in [1.82, 2.24) is 15.8 Å². The van der Waals surface area contributed by atoms with Gasteiger partial charge < -0.3 is 15.2 Å². The molecule has 7 nitrogen and oxygen atoms in total. The summed E-state index contributed by atoms with van der Waals surface area (Å²) >= 11 is 0. The number of amides is 1. The highest BCUT2D eigenvalue weighted by Gasteiger charge is 2.37. The number of nitrogens with one attached hydrogen (secondary N) is 2. The topological polar surface area (TPSA) is 90.9 Å². The minimum atomic E-state index is -0.921. The number of hydrogen-bond acceptors (Lipinski definition) is 5. The van der Waals surface area contributed by atoms with Crippen LogP contribution in [0, 0.1) is 11.3 Å². The van der Waals surface area contributed by atoms with E-state index in [1.165, 1.54) is 0 Å². The third-order valence-corrected chi connectivity index (χ3v) is 7.05. The van der Waals surface area contributed by atoms with Gasteiger partial charge in [-0.1, -0.05) is 56.3 Å². The fourth-order valence-corrected chi connectivity index (χ4v) is 4.62. The van der Waals surface area contributed by atoms with Gasteiger partial charge in [0.15, 0.2) is 0 Å². The molecule has 3 aromatic carbocycles. The number of carbonyl (C=O) groups excluding carboxylic acids is 1. The van der Waals surface area contributed by atoms with Crippen molar-refractivity contribution in [2.75, 3.05) is 13.1 Å². The van der Waals surface area contributed by atoms with Gasteiger partial charge in [0, 0.05) is 31.6 Å². The van der Waals surface area contributed by atoms with E-state index in [9.17, 15) is 14.7 Å². The molecule has 3 aromatic rings. The Balaban J connectivity index is 1.28. The summed E-state index contributed by atoms with van der Waals surface area (Å²) in [7, 11) is 0. The normalized spacial score (nSPS) is 16.5.